The van der Waals surface area contributed by atoms with Crippen LogP contribution in [0.2, 0.25) is 5.02 Å². The van der Waals surface area contributed by atoms with E-state index in [1.54, 1.807) is 12.1 Å². The van der Waals surface area contributed by atoms with Crippen LogP contribution in [-0.2, 0) is 5.75 Å². The number of halogens is 3. The number of nitrogens with zero attached hydrogens (tertiary/aromatic N) is 2. The predicted octanol–water partition coefficient (Wildman–Crippen LogP) is 5.32. The standard InChI is InChI=1S/C15H10BrClFN3S/c16-11-5-2-1-4-9(11)14-19-15(21-20-14)22-8-10-12(17)6-3-7-13(10)18/h1-7H,8H2,(H,19,20,21). The summed E-state index contributed by atoms with van der Waals surface area (Å²) in [7, 11) is 0. The molecule has 0 spiro atoms. The summed E-state index contributed by atoms with van der Waals surface area (Å²) in [5, 5.41) is 8.00. The van der Waals surface area contributed by atoms with Crippen molar-refractivity contribution >= 4 is 39.3 Å². The van der Waals surface area contributed by atoms with Crippen molar-refractivity contribution in [3.05, 3.63) is 63.3 Å². The molecule has 0 bridgehead atoms. The Morgan fingerprint density at radius 3 is 2.77 bits per heavy atom. The van der Waals surface area contributed by atoms with Crippen LogP contribution in [0, 0.1) is 5.82 Å². The monoisotopic (exact) mass is 397 g/mol. The van der Waals surface area contributed by atoms with Gasteiger partial charge >= 0.3 is 0 Å². The molecule has 3 rings (SSSR count). The SMILES string of the molecule is Fc1cccc(Cl)c1CSc1n[nH]c(-c2ccccc2Br)n1. The molecule has 0 radical (unpaired) electrons. The highest BCUT2D eigenvalue weighted by atomic mass is 79.9. The Hall–Kier alpha value is -1.37. The Morgan fingerprint density at radius 2 is 2.00 bits per heavy atom. The Bertz CT molecular complexity index is 789. The van der Waals surface area contributed by atoms with Gasteiger partial charge in [0.25, 0.3) is 0 Å². The minimum absolute atomic E-state index is 0.318. The average Bonchev–Trinajstić information content (AvgIpc) is 2.96. The zero-order valence-corrected chi connectivity index (χ0v) is 14.3. The summed E-state index contributed by atoms with van der Waals surface area (Å²) in [5.41, 5.74) is 1.38. The van der Waals surface area contributed by atoms with Crippen LogP contribution in [0.4, 0.5) is 4.39 Å². The van der Waals surface area contributed by atoms with Crippen molar-refractivity contribution in [3.63, 3.8) is 0 Å². The molecule has 1 heterocycles. The molecule has 3 nitrogen and oxygen atoms in total. The van der Waals surface area contributed by atoms with Crippen LogP contribution in [-0.4, -0.2) is 15.2 Å². The van der Waals surface area contributed by atoms with E-state index in [9.17, 15) is 4.39 Å². The van der Waals surface area contributed by atoms with Gasteiger partial charge in [0.1, 0.15) is 5.82 Å². The summed E-state index contributed by atoms with van der Waals surface area (Å²) in [4.78, 5) is 4.42. The van der Waals surface area contributed by atoms with E-state index < -0.39 is 0 Å². The fourth-order valence-electron chi connectivity index (χ4n) is 1.89. The van der Waals surface area contributed by atoms with Crippen molar-refractivity contribution in [2.24, 2.45) is 0 Å². The molecule has 0 unspecified atom stereocenters. The summed E-state index contributed by atoms with van der Waals surface area (Å²) in [6, 6.07) is 12.4. The third-order valence-electron chi connectivity index (χ3n) is 3.00. The predicted molar refractivity (Wildman–Crippen MR) is 90.5 cm³/mol. The van der Waals surface area contributed by atoms with Crippen molar-refractivity contribution in [1.82, 2.24) is 15.2 Å². The quantitative estimate of drug-likeness (QED) is 0.605. The number of hydrogen-bond acceptors (Lipinski definition) is 3. The van der Waals surface area contributed by atoms with Crippen molar-refractivity contribution < 1.29 is 4.39 Å². The molecule has 0 fully saturated rings. The van der Waals surface area contributed by atoms with Crippen molar-refractivity contribution in [2.75, 3.05) is 0 Å². The highest BCUT2D eigenvalue weighted by Gasteiger charge is 2.12. The van der Waals surface area contributed by atoms with Gasteiger partial charge in [-0.1, -0.05) is 63.6 Å². The number of aromatic amines is 1. The summed E-state index contributed by atoms with van der Waals surface area (Å²) < 4.78 is 14.7. The number of benzene rings is 2. The normalized spacial score (nSPS) is 10.9. The van der Waals surface area contributed by atoms with Gasteiger partial charge in [-0.25, -0.2) is 9.37 Å². The number of thioether (sulfide) groups is 1. The van der Waals surface area contributed by atoms with Crippen LogP contribution in [0.15, 0.2) is 52.1 Å². The number of nitrogens with one attached hydrogen (secondary N) is 1. The first-order valence-corrected chi connectivity index (χ1v) is 8.54. The molecule has 0 aliphatic heterocycles. The fourth-order valence-corrected chi connectivity index (χ4v) is 3.51. The molecule has 0 atom stereocenters. The van der Waals surface area contributed by atoms with Gasteiger partial charge in [-0.2, -0.15) is 0 Å². The van der Waals surface area contributed by atoms with Crippen LogP contribution < -0.4 is 0 Å². The lowest BCUT2D eigenvalue weighted by Gasteiger charge is -2.03. The third kappa shape index (κ3) is 3.34. The highest BCUT2D eigenvalue weighted by molar-refractivity contribution is 9.10. The molecule has 22 heavy (non-hydrogen) atoms. The summed E-state index contributed by atoms with van der Waals surface area (Å²) >= 11 is 10.8. The summed E-state index contributed by atoms with van der Waals surface area (Å²) in [5.74, 6) is 0.717. The topological polar surface area (TPSA) is 41.6 Å². The molecule has 0 amide bonds. The molecular weight excluding hydrogens is 389 g/mol. The highest BCUT2D eigenvalue weighted by Crippen LogP contribution is 2.29. The van der Waals surface area contributed by atoms with E-state index in [0.717, 1.165) is 10.0 Å². The number of aromatic nitrogens is 3. The van der Waals surface area contributed by atoms with Gasteiger partial charge in [-0.3, -0.25) is 5.10 Å². The second-order valence-electron chi connectivity index (χ2n) is 4.44. The smallest absolute Gasteiger partial charge is 0.209 e. The zero-order chi connectivity index (χ0) is 15.5. The lowest BCUT2D eigenvalue weighted by molar-refractivity contribution is 0.617. The molecule has 7 heteroatoms. The van der Waals surface area contributed by atoms with E-state index >= 15 is 0 Å². The molecule has 112 valence electrons. The lowest BCUT2D eigenvalue weighted by atomic mass is 10.2. The Morgan fingerprint density at radius 1 is 1.18 bits per heavy atom. The molecule has 1 aromatic heterocycles. The lowest BCUT2D eigenvalue weighted by Crippen LogP contribution is -1.89. The van der Waals surface area contributed by atoms with E-state index in [0.29, 0.717) is 27.3 Å². The van der Waals surface area contributed by atoms with Crippen molar-refractivity contribution in [3.8, 4) is 11.4 Å². The van der Waals surface area contributed by atoms with Gasteiger partial charge in [0.15, 0.2) is 5.82 Å². The molecule has 1 N–H and O–H groups in total. The van der Waals surface area contributed by atoms with Gasteiger partial charge < -0.3 is 0 Å². The first kappa shape index (κ1) is 15.5. The Balaban J connectivity index is 1.77. The molecule has 0 saturated heterocycles. The van der Waals surface area contributed by atoms with Gasteiger partial charge in [0.2, 0.25) is 5.16 Å². The molecule has 0 aliphatic carbocycles. The van der Waals surface area contributed by atoms with Crippen molar-refractivity contribution in [2.45, 2.75) is 10.9 Å². The van der Waals surface area contributed by atoms with Crippen LogP contribution in [0.25, 0.3) is 11.4 Å². The molecule has 0 aliphatic rings. The average molecular weight is 399 g/mol. The van der Waals surface area contributed by atoms with Gasteiger partial charge in [-0.15, -0.1) is 5.10 Å². The zero-order valence-electron chi connectivity index (χ0n) is 11.2. The first-order chi connectivity index (χ1) is 10.6. The molecule has 0 saturated carbocycles. The van der Waals surface area contributed by atoms with E-state index in [2.05, 4.69) is 31.1 Å². The minimum atomic E-state index is -0.318. The number of hydrogen-bond donors (Lipinski definition) is 1. The molecular formula is C15H10BrClFN3S. The third-order valence-corrected chi connectivity index (χ3v) is 4.92. The maximum absolute atomic E-state index is 13.7. The van der Waals surface area contributed by atoms with Gasteiger partial charge in [0, 0.05) is 26.4 Å². The largest absolute Gasteiger partial charge is 0.258 e. The molecule has 2 aromatic carbocycles. The number of H-pyrrole nitrogens is 1. The van der Waals surface area contributed by atoms with Gasteiger partial charge in [-0.05, 0) is 18.2 Å². The van der Waals surface area contributed by atoms with E-state index in [1.165, 1.54) is 17.8 Å². The first-order valence-electron chi connectivity index (χ1n) is 6.38. The Kier molecular flexibility index (Phi) is 4.81. The fraction of sp³-hybridized carbons (Fsp3) is 0.0667. The van der Waals surface area contributed by atoms with E-state index in [-0.39, 0.29) is 5.82 Å². The van der Waals surface area contributed by atoms with Crippen LogP contribution in [0.1, 0.15) is 5.56 Å². The van der Waals surface area contributed by atoms with Crippen LogP contribution in [0.5, 0.6) is 0 Å². The van der Waals surface area contributed by atoms with Gasteiger partial charge in [0.05, 0.1) is 0 Å². The Labute approximate surface area is 144 Å². The van der Waals surface area contributed by atoms with Crippen molar-refractivity contribution in [1.29, 1.82) is 0 Å². The summed E-state index contributed by atoms with van der Waals surface area (Å²) in [6.07, 6.45) is 0. The van der Waals surface area contributed by atoms with Crippen LogP contribution >= 0.6 is 39.3 Å². The van der Waals surface area contributed by atoms with E-state index in [4.69, 9.17) is 11.6 Å². The maximum atomic E-state index is 13.7. The second-order valence-corrected chi connectivity index (χ2v) is 6.64. The molecule has 3 aromatic rings. The minimum Gasteiger partial charge on any atom is -0.258 e. The maximum Gasteiger partial charge on any atom is 0.209 e. The van der Waals surface area contributed by atoms with Crippen LogP contribution in [0.3, 0.4) is 0 Å². The second kappa shape index (κ2) is 6.81. The number of rotatable bonds is 4. The van der Waals surface area contributed by atoms with E-state index in [1.807, 2.05) is 24.3 Å². The summed E-state index contributed by atoms with van der Waals surface area (Å²) in [6.45, 7) is 0.